The van der Waals surface area contributed by atoms with Crippen LogP contribution in [0.4, 0.5) is 0 Å². The zero-order chi connectivity index (χ0) is 30.3. The average Bonchev–Trinajstić information content (AvgIpc) is 3.43. The molecule has 8 heteroatoms. The standard InChI is InChI=1S/C35H36N2O5S/c1-5-29(23-12-8-7-9-13-23)36-20-27-31-32(38)28(35(39)42-6-2)22-37(21-25-14-10-11-15-30(25)41-4)34(31)43-33(27)24-16-18-26(40-3)19-17-24/h7-19,22,29,36H,5-6,20-21H2,1-4H3. The third-order valence-electron chi connectivity index (χ3n) is 7.52. The van der Waals surface area contributed by atoms with E-state index in [0.717, 1.165) is 44.3 Å². The molecule has 2 aromatic heterocycles. The minimum atomic E-state index is -0.630. The van der Waals surface area contributed by atoms with Gasteiger partial charge >= 0.3 is 5.97 Å². The number of ether oxygens (including phenoxy) is 3. The Labute approximate surface area is 255 Å². The van der Waals surface area contributed by atoms with Gasteiger partial charge in [-0.15, -0.1) is 11.3 Å². The molecule has 0 aliphatic heterocycles. The largest absolute Gasteiger partial charge is 0.497 e. The van der Waals surface area contributed by atoms with Crippen molar-refractivity contribution >= 4 is 27.5 Å². The van der Waals surface area contributed by atoms with Crippen LogP contribution < -0.4 is 20.2 Å². The summed E-state index contributed by atoms with van der Waals surface area (Å²) in [6.45, 7) is 4.89. The fraction of sp³-hybridized carbons (Fsp3) is 0.257. The number of thiophene rings is 1. The summed E-state index contributed by atoms with van der Waals surface area (Å²) < 4.78 is 18.3. The molecule has 43 heavy (non-hydrogen) atoms. The highest BCUT2D eigenvalue weighted by Gasteiger charge is 2.25. The molecule has 7 nitrogen and oxygen atoms in total. The van der Waals surface area contributed by atoms with Crippen molar-refractivity contribution in [3.8, 4) is 21.9 Å². The molecule has 2 heterocycles. The lowest BCUT2D eigenvalue weighted by molar-refractivity contribution is 0.0524. The number of carbonyl (C=O) groups is 1. The SMILES string of the molecule is CCOC(=O)c1cn(Cc2ccccc2OC)c2sc(-c3ccc(OC)cc3)c(CNC(CC)c3ccccc3)c2c1=O. The molecular formula is C35H36N2O5S. The van der Waals surface area contributed by atoms with E-state index < -0.39 is 5.97 Å². The van der Waals surface area contributed by atoms with E-state index in [1.807, 2.05) is 71.3 Å². The summed E-state index contributed by atoms with van der Waals surface area (Å²) in [4.78, 5) is 29.0. The first kappa shape index (κ1) is 30.1. The zero-order valence-electron chi connectivity index (χ0n) is 24.9. The van der Waals surface area contributed by atoms with Gasteiger partial charge in [0.05, 0.1) is 32.8 Å². The number of methoxy groups -OCH3 is 2. The van der Waals surface area contributed by atoms with Crippen molar-refractivity contribution in [2.45, 2.75) is 39.4 Å². The van der Waals surface area contributed by atoms with Crippen LogP contribution in [0.2, 0.25) is 0 Å². The van der Waals surface area contributed by atoms with E-state index in [1.54, 1.807) is 38.7 Å². The first-order valence-corrected chi connectivity index (χ1v) is 15.2. The second kappa shape index (κ2) is 13.7. The van der Waals surface area contributed by atoms with Gasteiger partial charge in [0.25, 0.3) is 0 Å². The summed E-state index contributed by atoms with van der Waals surface area (Å²) in [7, 11) is 3.27. The first-order chi connectivity index (χ1) is 21.0. The van der Waals surface area contributed by atoms with Crippen LogP contribution in [-0.2, 0) is 17.8 Å². The molecule has 1 N–H and O–H groups in total. The highest BCUT2D eigenvalue weighted by Crippen LogP contribution is 2.39. The molecule has 0 aliphatic rings. The predicted molar refractivity (Wildman–Crippen MR) is 172 cm³/mol. The third kappa shape index (κ3) is 6.35. The van der Waals surface area contributed by atoms with Crippen LogP contribution in [-0.4, -0.2) is 31.4 Å². The van der Waals surface area contributed by atoms with Gasteiger partial charge in [0.1, 0.15) is 21.9 Å². The molecule has 0 saturated heterocycles. The van der Waals surface area contributed by atoms with Crippen molar-refractivity contribution in [3.63, 3.8) is 0 Å². The summed E-state index contributed by atoms with van der Waals surface area (Å²) in [6, 6.07) is 26.0. The average molecular weight is 597 g/mol. The van der Waals surface area contributed by atoms with Gasteiger partial charge in [-0.2, -0.15) is 0 Å². The van der Waals surface area contributed by atoms with Gasteiger partial charge in [0, 0.05) is 29.2 Å². The zero-order valence-corrected chi connectivity index (χ0v) is 25.7. The van der Waals surface area contributed by atoms with Gasteiger partial charge in [0.15, 0.2) is 0 Å². The summed E-state index contributed by atoms with van der Waals surface area (Å²) in [6.07, 6.45) is 2.50. The van der Waals surface area contributed by atoms with Gasteiger partial charge in [-0.1, -0.05) is 55.5 Å². The Kier molecular flexibility index (Phi) is 9.59. The maximum Gasteiger partial charge on any atom is 0.343 e. The Bertz CT molecular complexity index is 1760. The molecule has 0 spiro atoms. The molecule has 1 unspecified atom stereocenters. The van der Waals surface area contributed by atoms with E-state index in [2.05, 4.69) is 24.4 Å². The van der Waals surface area contributed by atoms with Crippen molar-refractivity contribution < 1.29 is 19.0 Å². The smallest absolute Gasteiger partial charge is 0.343 e. The number of aromatic nitrogens is 1. The third-order valence-corrected chi connectivity index (χ3v) is 8.84. The molecular weight excluding hydrogens is 560 g/mol. The first-order valence-electron chi connectivity index (χ1n) is 14.4. The van der Waals surface area contributed by atoms with Gasteiger partial charge < -0.3 is 24.1 Å². The normalized spacial score (nSPS) is 11.8. The Hall–Kier alpha value is -4.40. The predicted octanol–water partition coefficient (Wildman–Crippen LogP) is 7.21. The summed E-state index contributed by atoms with van der Waals surface area (Å²) in [5, 5.41) is 4.22. The van der Waals surface area contributed by atoms with Crippen molar-refractivity contribution in [2.24, 2.45) is 0 Å². The molecule has 3 aromatic carbocycles. The number of fused-ring (bicyclic) bond motifs is 1. The molecule has 1 atom stereocenters. The molecule has 0 saturated carbocycles. The Morgan fingerprint density at radius 1 is 0.930 bits per heavy atom. The van der Waals surface area contributed by atoms with Crippen molar-refractivity contribution in [1.82, 2.24) is 9.88 Å². The van der Waals surface area contributed by atoms with Crippen LogP contribution >= 0.6 is 11.3 Å². The van der Waals surface area contributed by atoms with E-state index in [4.69, 9.17) is 14.2 Å². The second-order valence-electron chi connectivity index (χ2n) is 10.1. The Balaban J connectivity index is 1.72. The van der Waals surface area contributed by atoms with Crippen LogP contribution in [0.15, 0.2) is 89.9 Å². The second-order valence-corrected chi connectivity index (χ2v) is 11.1. The number of para-hydroxylation sites is 1. The molecule has 0 aliphatic carbocycles. The molecule has 0 bridgehead atoms. The van der Waals surface area contributed by atoms with E-state index in [9.17, 15) is 9.59 Å². The van der Waals surface area contributed by atoms with Crippen LogP contribution in [0.5, 0.6) is 11.5 Å². The Morgan fingerprint density at radius 2 is 1.65 bits per heavy atom. The van der Waals surface area contributed by atoms with Gasteiger partial charge in [-0.3, -0.25) is 4.79 Å². The maximum absolute atomic E-state index is 14.1. The fourth-order valence-corrected chi connectivity index (χ4v) is 6.63. The minimum absolute atomic E-state index is 0.0136. The lowest BCUT2D eigenvalue weighted by Gasteiger charge is -2.18. The summed E-state index contributed by atoms with van der Waals surface area (Å²) in [5.41, 5.74) is 3.61. The molecule has 5 aromatic rings. The lowest BCUT2D eigenvalue weighted by atomic mass is 10.0. The number of rotatable bonds is 12. The number of benzene rings is 3. The number of nitrogens with zero attached hydrogens (tertiary/aromatic N) is 1. The van der Waals surface area contributed by atoms with Crippen molar-refractivity contribution in [2.75, 3.05) is 20.8 Å². The van der Waals surface area contributed by atoms with Crippen LogP contribution in [0.1, 0.15) is 53.4 Å². The van der Waals surface area contributed by atoms with Crippen LogP contribution in [0.25, 0.3) is 20.7 Å². The summed E-state index contributed by atoms with van der Waals surface area (Å²) >= 11 is 1.54. The maximum atomic E-state index is 14.1. The van der Waals surface area contributed by atoms with Crippen molar-refractivity contribution in [3.05, 3.63) is 118 Å². The minimum Gasteiger partial charge on any atom is -0.497 e. The van der Waals surface area contributed by atoms with E-state index in [1.165, 1.54) is 5.56 Å². The topological polar surface area (TPSA) is 78.8 Å². The quantitative estimate of drug-likeness (QED) is 0.153. The molecule has 222 valence electrons. The highest BCUT2D eigenvalue weighted by molar-refractivity contribution is 7.22. The fourth-order valence-electron chi connectivity index (χ4n) is 5.34. The molecule has 0 radical (unpaired) electrons. The highest BCUT2D eigenvalue weighted by atomic mass is 32.1. The van der Waals surface area contributed by atoms with E-state index in [-0.39, 0.29) is 23.6 Å². The summed E-state index contributed by atoms with van der Waals surface area (Å²) in [5.74, 6) is 0.851. The van der Waals surface area contributed by atoms with Crippen LogP contribution in [0.3, 0.4) is 0 Å². The number of hydrogen-bond donors (Lipinski definition) is 1. The van der Waals surface area contributed by atoms with Gasteiger partial charge in [0.2, 0.25) is 5.43 Å². The molecule has 0 fully saturated rings. The number of hydrogen-bond acceptors (Lipinski definition) is 7. The molecule has 5 rings (SSSR count). The number of nitrogens with one attached hydrogen (secondary N) is 1. The molecule has 0 amide bonds. The monoisotopic (exact) mass is 596 g/mol. The van der Waals surface area contributed by atoms with Gasteiger partial charge in [-0.05, 0) is 60.4 Å². The number of carbonyl (C=O) groups excluding carboxylic acids is 1. The van der Waals surface area contributed by atoms with Crippen LogP contribution in [0, 0.1) is 0 Å². The van der Waals surface area contributed by atoms with E-state index >= 15 is 0 Å². The van der Waals surface area contributed by atoms with E-state index in [0.29, 0.717) is 18.5 Å². The van der Waals surface area contributed by atoms with Crippen molar-refractivity contribution in [1.29, 1.82) is 0 Å². The number of pyridine rings is 1. The lowest BCUT2D eigenvalue weighted by Crippen LogP contribution is -2.24. The van der Waals surface area contributed by atoms with Gasteiger partial charge in [-0.25, -0.2) is 4.79 Å². The Morgan fingerprint density at radius 3 is 2.33 bits per heavy atom. The number of esters is 1.